The number of carbonyl (C=O) groups excluding carboxylic acids is 2. The first-order valence-corrected chi connectivity index (χ1v) is 10.0. The number of nitrogens with two attached hydrogens (primary N) is 1. The molecule has 0 heterocycles. The zero-order chi connectivity index (χ0) is 22.9. The number of nitrogens with one attached hydrogen (secondary N) is 1. The van der Waals surface area contributed by atoms with E-state index in [9.17, 15) is 19.8 Å². The van der Waals surface area contributed by atoms with Crippen LogP contribution in [0.3, 0.4) is 0 Å². The van der Waals surface area contributed by atoms with Gasteiger partial charge in [-0.25, -0.2) is 0 Å². The van der Waals surface area contributed by atoms with Gasteiger partial charge in [0.25, 0.3) is 5.91 Å². The summed E-state index contributed by atoms with van der Waals surface area (Å²) in [5.41, 5.74) is 7.26. The number of hydrogen-bond donors (Lipinski definition) is 4. The molecule has 30 heavy (non-hydrogen) atoms. The lowest BCUT2D eigenvalue weighted by Gasteiger charge is -2.28. The first-order valence-electron chi connectivity index (χ1n) is 10.0. The number of rotatable bonds is 4. The van der Waals surface area contributed by atoms with Crippen molar-refractivity contribution in [2.45, 2.75) is 65.2 Å². The molecule has 1 aromatic rings. The molecule has 0 bridgehead atoms. The van der Waals surface area contributed by atoms with E-state index >= 15 is 0 Å². The molecule has 0 atom stereocenters. The van der Waals surface area contributed by atoms with E-state index in [-0.39, 0.29) is 22.2 Å². The molecule has 0 aliphatic heterocycles. The van der Waals surface area contributed by atoms with E-state index in [1.54, 1.807) is 12.2 Å². The van der Waals surface area contributed by atoms with Gasteiger partial charge in [0.05, 0.1) is 6.26 Å². The highest BCUT2D eigenvalue weighted by Crippen LogP contribution is 2.39. The molecule has 2 rings (SSSR count). The molecular formula is C24H32N2O4. The third-order valence-corrected chi connectivity index (χ3v) is 5.05. The van der Waals surface area contributed by atoms with Crippen LogP contribution in [0.2, 0.25) is 0 Å². The lowest BCUT2D eigenvalue weighted by Crippen LogP contribution is -2.26. The van der Waals surface area contributed by atoms with Gasteiger partial charge in [0.1, 0.15) is 11.3 Å². The van der Waals surface area contributed by atoms with E-state index in [1.165, 1.54) is 6.07 Å². The summed E-state index contributed by atoms with van der Waals surface area (Å²) in [6, 6.07) is 3.37. The van der Waals surface area contributed by atoms with E-state index in [0.29, 0.717) is 24.1 Å². The van der Waals surface area contributed by atoms with Crippen LogP contribution in [-0.4, -0.2) is 21.9 Å². The van der Waals surface area contributed by atoms with Gasteiger partial charge < -0.3 is 21.3 Å². The average Bonchev–Trinajstić information content (AvgIpc) is 2.60. The van der Waals surface area contributed by atoms with Crippen molar-refractivity contribution in [3.8, 4) is 5.75 Å². The third-order valence-electron chi connectivity index (χ3n) is 5.05. The van der Waals surface area contributed by atoms with Crippen molar-refractivity contribution in [1.29, 1.82) is 0 Å². The molecule has 1 aliphatic rings. The second-order valence-corrected chi connectivity index (χ2v) is 9.60. The van der Waals surface area contributed by atoms with Crippen LogP contribution >= 0.6 is 0 Å². The molecule has 6 heteroatoms. The lowest BCUT2D eigenvalue weighted by atomic mass is 9.79. The number of carbonyl (C=O) groups is 2. The molecule has 0 spiro atoms. The molecule has 1 amide bonds. The van der Waals surface area contributed by atoms with Gasteiger partial charge in [-0.15, -0.1) is 0 Å². The summed E-state index contributed by atoms with van der Waals surface area (Å²) >= 11 is 0. The number of phenols is 1. The summed E-state index contributed by atoms with van der Waals surface area (Å²) in [7, 11) is 0. The number of aliphatic hydroxyl groups excluding tert-OH is 1. The third kappa shape index (κ3) is 4.93. The lowest BCUT2D eigenvalue weighted by molar-refractivity contribution is -0.118. The minimum absolute atomic E-state index is 0.0498. The summed E-state index contributed by atoms with van der Waals surface area (Å²) in [4.78, 5) is 25.7. The normalized spacial score (nSPS) is 15.3. The zero-order valence-corrected chi connectivity index (χ0v) is 18.6. The van der Waals surface area contributed by atoms with E-state index in [0.717, 1.165) is 17.5 Å². The van der Waals surface area contributed by atoms with Gasteiger partial charge in [-0.3, -0.25) is 9.59 Å². The summed E-state index contributed by atoms with van der Waals surface area (Å²) < 4.78 is 0. The molecule has 0 unspecified atom stereocenters. The minimum atomic E-state index is -0.768. The number of benzene rings is 1. The molecule has 5 N–H and O–H groups in total. The second kappa shape index (κ2) is 8.38. The molecule has 162 valence electrons. The molecular weight excluding hydrogens is 380 g/mol. The first-order chi connectivity index (χ1) is 13.8. The van der Waals surface area contributed by atoms with Gasteiger partial charge in [-0.05, 0) is 40.9 Å². The number of hydrogen-bond acceptors (Lipinski definition) is 5. The fourth-order valence-electron chi connectivity index (χ4n) is 3.39. The van der Waals surface area contributed by atoms with Crippen molar-refractivity contribution in [1.82, 2.24) is 0 Å². The molecule has 0 fully saturated rings. The number of amides is 1. The molecule has 0 aromatic heterocycles. The summed E-state index contributed by atoms with van der Waals surface area (Å²) in [5.74, 6) is -1.36. The maximum Gasteiger partial charge on any atom is 0.262 e. The van der Waals surface area contributed by atoms with E-state index in [1.807, 2.05) is 47.6 Å². The Morgan fingerprint density at radius 2 is 1.57 bits per heavy atom. The van der Waals surface area contributed by atoms with Crippen LogP contribution in [0.5, 0.6) is 5.75 Å². The number of allylic oxidation sites excluding steroid dienone is 3. The Balaban J connectivity index is 2.44. The fraction of sp³-hybridized carbons (Fsp3) is 0.417. The van der Waals surface area contributed by atoms with Crippen molar-refractivity contribution < 1.29 is 19.8 Å². The molecule has 0 radical (unpaired) electrons. The highest BCUT2D eigenvalue weighted by Gasteiger charge is 2.29. The maximum atomic E-state index is 12.9. The van der Waals surface area contributed by atoms with Crippen LogP contribution < -0.4 is 11.1 Å². The van der Waals surface area contributed by atoms with Gasteiger partial charge in [-0.1, -0.05) is 53.7 Å². The Morgan fingerprint density at radius 3 is 2.07 bits per heavy atom. The first kappa shape index (κ1) is 23.3. The van der Waals surface area contributed by atoms with Crippen molar-refractivity contribution in [2.75, 3.05) is 5.32 Å². The van der Waals surface area contributed by atoms with Gasteiger partial charge in [0.15, 0.2) is 0 Å². The predicted octanol–water partition coefficient (Wildman–Crippen LogP) is 4.50. The standard InChI is InChI=1S/C24H32N2O4/c1-23(2,3)16-11-17(24(4,5)6)20(28)12-19(16)26-22(30)15(13-27)21(29)14-9-7-8-10-18(14)25/h9-13,27-28H,7-8,25H2,1-6H3,(H,26,30)/b15-13-. The van der Waals surface area contributed by atoms with E-state index in [2.05, 4.69) is 5.32 Å². The van der Waals surface area contributed by atoms with Crippen molar-refractivity contribution >= 4 is 17.4 Å². The van der Waals surface area contributed by atoms with Crippen LogP contribution in [0.25, 0.3) is 0 Å². The molecule has 0 saturated heterocycles. The molecule has 0 saturated carbocycles. The Hall–Kier alpha value is -3.02. The van der Waals surface area contributed by atoms with E-state index < -0.39 is 17.3 Å². The van der Waals surface area contributed by atoms with Crippen LogP contribution in [0, 0.1) is 0 Å². The van der Waals surface area contributed by atoms with Crippen molar-refractivity contribution in [3.63, 3.8) is 0 Å². The number of aromatic hydroxyl groups is 1. The average molecular weight is 413 g/mol. The summed E-state index contributed by atoms with van der Waals surface area (Å²) in [6.45, 7) is 12.0. The smallest absolute Gasteiger partial charge is 0.262 e. The zero-order valence-electron chi connectivity index (χ0n) is 18.6. The topological polar surface area (TPSA) is 113 Å². The van der Waals surface area contributed by atoms with Crippen LogP contribution in [-0.2, 0) is 20.4 Å². The molecule has 6 nitrogen and oxygen atoms in total. The SMILES string of the molecule is CC(C)(C)c1cc(C(C)(C)C)c(NC(=O)/C(=C\O)C(=O)C2=CCCC=C2N)cc1O. The highest BCUT2D eigenvalue weighted by molar-refractivity contribution is 6.29. The maximum absolute atomic E-state index is 12.9. The Labute approximate surface area is 178 Å². The second-order valence-electron chi connectivity index (χ2n) is 9.60. The van der Waals surface area contributed by atoms with Gasteiger partial charge >= 0.3 is 0 Å². The van der Waals surface area contributed by atoms with Gasteiger partial charge in [0, 0.05) is 23.0 Å². The summed E-state index contributed by atoms with van der Waals surface area (Å²) in [6.07, 6.45) is 5.25. The van der Waals surface area contributed by atoms with Gasteiger partial charge in [-0.2, -0.15) is 0 Å². The van der Waals surface area contributed by atoms with Crippen molar-refractivity contribution in [3.05, 3.63) is 58.5 Å². The largest absolute Gasteiger partial charge is 0.515 e. The molecule has 1 aliphatic carbocycles. The number of phenolic OH excluding ortho intramolecular Hbond substituents is 1. The van der Waals surface area contributed by atoms with Crippen LogP contribution in [0.1, 0.15) is 65.5 Å². The fourth-order valence-corrected chi connectivity index (χ4v) is 3.39. The van der Waals surface area contributed by atoms with E-state index in [4.69, 9.17) is 5.73 Å². The summed E-state index contributed by atoms with van der Waals surface area (Å²) in [5, 5.41) is 22.9. The Kier molecular flexibility index (Phi) is 6.50. The Bertz CT molecular complexity index is 955. The quantitative estimate of drug-likeness (QED) is 0.252. The highest BCUT2D eigenvalue weighted by atomic mass is 16.3. The van der Waals surface area contributed by atoms with Crippen LogP contribution in [0.4, 0.5) is 5.69 Å². The number of aliphatic hydroxyl groups is 1. The predicted molar refractivity (Wildman–Crippen MR) is 119 cm³/mol. The Morgan fingerprint density at radius 1 is 1.00 bits per heavy atom. The number of Topliss-reactive ketones (excluding diaryl/α,β-unsaturated/α-hetero) is 1. The monoisotopic (exact) mass is 412 g/mol. The van der Waals surface area contributed by atoms with Crippen molar-refractivity contribution in [2.24, 2.45) is 5.73 Å². The van der Waals surface area contributed by atoms with Gasteiger partial charge in [0.2, 0.25) is 5.78 Å². The molecule has 1 aromatic carbocycles. The van der Waals surface area contributed by atoms with Crippen LogP contribution in [0.15, 0.2) is 47.4 Å². The minimum Gasteiger partial charge on any atom is -0.515 e. The number of anilines is 1. The number of ketones is 1.